The number of hydrogen-bond donors (Lipinski definition) is 1. The second kappa shape index (κ2) is 8.11. The normalized spacial score (nSPS) is 16.8. The number of nitrogens with one attached hydrogen (secondary N) is 1. The fraction of sp³-hybridized carbons (Fsp3) is 0.389. The Bertz CT molecular complexity index is 716. The van der Waals surface area contributed by atoms with Gasteiger partial charge in [-0.1, -0.05) is 6.07 Å². The van der Waals surface area contributed by atoms with E-state index in [0.29, 0.717) is 13.0 Å². The summed E-state index contributed by atoms with van der Waals surface area (Å²) >= 11 is 1.72. The molecule has 1 aromatic carbocycles. The molecule has 2 aromatic rings. The van der Waals surface area contributed by atoms with Crippen LogP contribution in [0.2, 0.25) is 0 Å². The smallest absolute Gasteiger partial charge is 0.269 e. The molecule has 0 spiro atoms. The zero-order valence-electron chi connectivity index (χ0n) is 13.9. The highest BCUT2D eigenvalue weighted by atomic mass is 32.1. The number of nitro groups is 1. The van der Waals surface area contributed by atoms with Crippen molar-refractivity contribution in [2.24, 2.45) is 0 Å². The number of benzene rings is 1. The number of rotatable bonds is 7. The Hall–Kier alpha value is -2.41. The third kappa shape index (κ3) is 4.36. The molecule has 2 heterocycles. The fourth-order valence-electron chi connectivity index (χ4n) is 3.16. The highest BCUT2D eigenvalue weighted by molar-refractivity contribution is 7.10. The maximum Gasteiger partial charge on any atom is 0.269 e. The van der Waals surface area contributed by atoms with Crippen molar-refractivity contribution in [1.29, 1.82) is 0 Å². The lowest BCUT2D eigenvalue weighted by atomic mass is 10.1. The second-order valence-corrected chi connectivity index (χ2v) is 7.07. The average Bonchev–Trinajstić information content (AvgIpc) is 3.29. The number of nitro benzene ring substituents is 1. The van der Waals surface area contributed by atoms with E-state index in [9.17, 15) is 14.9 Å². The first-order chi connectivity index (χ1) is 12.1. The number of carbonyl (C=O) groups is 1. The van der Waals surface area contributed by atoms with E-state index in [0.717, 1.165) is 31.5 Å². The van der Waals surface area contributed by atoms with Gasteiger partial charge in [0.1, 0.15) is 0 Å². The van der Waals surface area contributed by atoms with Crippen LogP contribution in [0.3, 0.4) is 0 Å². The number of non-ortho nitro benzene ring substituents is 1. The van der Waals surface area contributed by atoms with Crippen molar-refractivity contribution in [2.45, 2.75) is 31.7 Å². The van der Waals surface area contributed by atoms with E-state index in [1.807, 2.05) is 11.0 Å². The lowest BCUT2D eigenvalue weighted by Gasteiger charge is -2.24. The third-order valence-electron chi connectivity index (χ3n) is 4.42. The molecular formula is C18H21N3O3S. The average molecular weight is 359 g/mol. The van der Waals surface area contributed by atoms with Crippen molar-refractivity contribution < 1.29 is 9.72 Å². The van der Waals surface area contributed by atoms with E-state index >= 15 is 0 Å². The molecule has 1 aromatic heterocycles. The third-order valence-corrected chi connectivity index (χ3v) is 5.39. The van der Waals surface area contributed by atoms with Gasteiger partial charge in [0, 0.05) is 42.2 Å². The summed E-state index contributed by atoms with van der Waals surface area (Å²) in [6.07, 6.45) is 3.37. The van der Waals surface area contributed by atoms with Gasteiger partial charge in [0.05, 0.1) is 11.0 Å². The molecule has 0 saturated carbocycles. The van der Waals surface area contributed by atoms with Gasteiger partial charge >= 0.3 is 0 Å². The summed E-state index contributed by atoms with van der Waals surface area (Å²) in [5, 5.41) is 15.9. The molecular weight excluding hydrogens is 338 g/mol. The van der Waals surface area contributed by atoms with Gasteiger partial charge in [-0.15, -0.1) is 11.3 Å². The predicted molar refractivity (Wildman–Crippen MR) is 98.8 cm³/mol. The summed E-state index contributed by atoms with van der Waals surface area (Å²) in [7, 11) is 0. The fourth-order valence-corrected chi connectivity index (χ4v) is 4.03. The van der Waals surface area contributed by atoms with Crippen LogP contribution in [0, 0.1) is 10.1 Å². The molecule has 0 bridgehead atoms. The van der Waals surface area contributed by atoms with Gasteiger partial charge in [0.25, 0.3) is 5.69 Å². The van der Waals surface area contributed by atoms with Crippen LogP contribution in [0.1, 0.15) is 36.6 Å². The zero-order chi connectivity index (χ0) is 17.6. The Morgan fingerprint density at radius 2 is 2.12 bits per heavy atom. The molecule has 1 saturated heterocycles. The molecule has 1 atom stereocenters. The minimum Gasteiger partial charge on any atom is -0.385 e. The molecule has 1 fully saturated rings. The van der Waals surface area contributed by atoms with Gasteiger partial charge in [0.2, 0.25) is 5.91 Å². The van der Waals surface area contributed by atoms with Gasteiger partial charge in [-0.2, -0.15) is 0 Å². The first kappa shape index (κ1) is 17.4. The lowest BCUT2D eigenvalue weighted by Crippen LogP contribution is -2.30. The van der Waals surface area contributed by atoms with Crippen LogP contribution in [-0.4, -0.2) is 28.8 Å². The number of hydrogen-bond acceptors (Lipinski definition) is 5. The van der Waals surface area contributed by atoms with Crippen LogP contribution in [-0.2, 0) is 4.79 Å². The highest BCUT2D eigenvalue weighted by Gasteiger charge is 2.29. The monoisotopic (exact) mass is 359 g/mol. The molecule has 25 heavy (non-hydrogen) atoms. The quantitative estimate of drug-likeness (QED) is 0.456. The summed E-state index contributed by atoms with van der Waals surface area (Å²) in [6.45, 7) is 1.51. The number of carbonyl (C=O) groups excluding carboxylic acids is 1. The minimum atomic E-state index is -0.414. The predicted octanol–water partition coefficient (Wildman–Crippen LogP) is 4.21. The van der Waals surface area contributed by atoms with Crippen LogP contribution in [0.5, 0.6) is 0 Å². The number of anilines is 1. The molecule has 1 N–H and O–H groups in total. The number of nitrogens with zero attached hydrogens (tertiary/aromatic N) is 2. The van der Waals surface area contributed by atoms with E-state index in [1.165, 1.54) is 17.0 Å². The summed E-state index contributed by atoms with van der Waals surface area (Å²) in [5.74, 6) is 0.210. The topological polar surface area (TPSA) is 75.5 Å². The Morgan fingerprint density at radius 1 is 1.32 bits per heavy atom. The molecule has 1 aliphatic rings. The van der Waals surface area contributed by atoms with Crippen molar-refractivity contribution in [2.75, 3.05) is 18.4 Å². The van der Waals surface area contributed by atoms with Crippen LogP contribution in [0.15, 0.2) is 41.8 Å². The Morgan fingerprint density at radius 3 is 2.80 bits per heavy atom. The molecule has 1 amide bonds. The molecule has 3 rings (SSSR count). The maximum atomic E-state index is 12.5. The Labute approximate surface area is 150 Å². The summed E-state index contributed by atoms with van der Waals surface area (Å²) < 4.78 is 0. The van der Waals surface area contributed by atoms with Gasteiger partial charge in [-0.25, -0.2) is 0 Å². The van der Waals surface area contributed by atoms with Crippen molar-refractivity contribution in [1.82, 2.24) is 4.90 Å². The number of thiophene rings is 1. The summed E-state index contributed by atoms with van der Waals surface area (Å²) in [6, 6.07) is 10.7. The number of amides is 1. The van der Waals surface area contributed by atoms with Crippen LogP contribution < -0.4 is 5.32 Å². The van der Waals surface area contributed by atoms with Crippen LogP contribution in [0.4, 0.5) is 11.4 Å². The van der Waals surface area contributed by atoms with Crippen molar-refractivity contribution in [3.63, 3.8) is 0 Å². The molecule has 1 unspecified atom stereocenters. The zero-order valence-corrected chi connectivity index (χ0v) is 14.7. The minimum absolute atomic E-state index is 0.0781. The van der Waals surface area contributed by atoms with E-state index in [2.05, 4.69) is 16.8 Å². The summed E-state index contributed by atoms with van der Waals surface area (Å²) in [4.78, 5) is 26.0. The Balaban J connectivity index is 1.44. The molecule has 0 radical (unpaired) electrons. The highest BCUT2D eigenvalue weighted by Crippen LogP contribution is 2.34. The molecule has 7 heteroatoms. The van der Waals surface area contributed by atoms with Crippen molar-refractivity contribution in [3.05, 3.63) is 56.8 Å². The Kier molecular flexibility index (Phi) is 5.65. The lowest BCUT2D eigenvalue weighted by molar-refractivity contribution is -0.384. The standard InChI is InChI=1S/C18H21N3O3S/c22-18(20-12-2-4-16(20)17-5-3-13-25-17)6-1-11-19-14-7-9-15(10-8-14)21(23)24/h3,5,7-10,13,16,19H,1-2,4,6,11-12H2. The van der Waals surface area contributed by atoms with Gasteiger partial charge in [0.15, 0.2) is 0 Å². The first-order valence-corrected chi connectivity index (χ1v) is 9.34. The second-order valence-electron chi connectivity index (χ2n) is 6.09. The molecule has 132 valence electrons. The van der Waals surface area contributed by atoms with E-state index < -0.39 is 4.92 Å². The van der Waals surface area contributed by atoms with E-state index in [4.69, 9.17) is 0 Å². The molecule has 6 nitrogen and oxygen atoms in total. The largest absolute Gasteiger partial charge is 0.385 e. The van der Waals surface area contributed by atoms with Gasteiger partial charge in [-0.3, -0.25) is 14.9 Å². The summed E-state index contributed by atoms with van der Waals surface area (Å²) in [5.41, 5.74) is 0.907. The molecule has 0 aliphatic carbocycles. The SMILES string of the molecule is O=C(CCCNc1ccc([N+](=O)[O-])cc1)N1CCCC1c1cccs1. The molecule has 1 aliphatic heterocycles. The van der Waals surface area contributed by atoms with Gasteiger partial charge in [-0.05, 0) is 42.8 Å². The number of likely N-dealkylation sites (tertiary alicyclic amines) is 1. The van der Waals surface area contributed by atoms with E-state index in [1.54, 1.807) is 23.5 Å². The van der Waals surface area contributed by atoms with E-state index in [-0.39, 0.29) is 17.6 Å². The first-order valence-electron chi connectivity index (χ1n) is 8.46. The van der Waals surface area contributed by atoms with Crippen molar-refractivity contribution in [3.8, 4) is 0 Å². The van der Waals surface area contributed by atoms with Gasteiger partial charge < -0.3 is 10.2 Å². The van der Waals surface area contributed by atoms with Crippen LogP contribution >= 0.6 is 11.3 Å². The van der Waals surface area contributed by atoms with Crippen molar-refractivity contribution >= 4 is 28.6 Å². The van der Waals surface area contributed by atoms with Crippen LogP contribution in [0.25, 0.3) is 0 Å². The maximum absolute atomic E-state index is 12.5.